The molecule has 0 radical (unpaired) electrons. The summed E-state index contributed by atoms with van der Waals surface area (Å²) in [5.41, 5.74) is 2.49. The van der Waals surface area contributed by atoms with E-state index in [-0.39, 0.29) is 13.2 Å². The van der Waals surface area contributed by atoms with Gasteiger partial charge >= 0.3 is 0 Å². The number of hydrogen-bond acceptors (Lipinski definition) is 3. The van der Waals surface area contributed by atoms with Gasteiger partial charge < -0.3 is 9.84 Å². The molecule has 0 atom stereocenters. The highest BCUT2D eigenvalue weighted by molar-refractivity contribution is 5.50. The largest absolute Gasteiger partial charge is 0.490 e. The number of rotatable bonds is 3. The van der Waals surface area contributed by atoms with Gasteiger partial charge in [0.25, 0.3) is 0 Å². The van der Waals surface area contributed by atoms with Gasteiger partial charge in [-0.3, -0.25) is 0 Å². The highest BCUT2D eigenvalue weighted by atomic mass is 16.5. The zero-order valence-electron chi connectivity index (χ0n) is 8.37. The Balaban J connectivity index is 3.07. The van der Waals surface area contributed by atoms with Crippen LogP contribution in [0.2, 0.25) is 0 Å². The van der Waals surface area contributed by atoms with E-state index in [0.29, 0.717) is 11.3 Å². The molecule has 3 heteroatoms. The minimum atomic E-state index is -0.0435. The molecule has 1 aromatic rings. The zero-order chi connectivity index (χ0) is 10.6. The Morgan fingerprint density at radius 3 is 2.71 bits per heavy atom. The first-order chi connectivity index (χ1) is 6.69. The Morgan fingerprint density at radius 2 is 2.14 bits per heavy atom. The molecule has 0 fully saturated rings. The fraction of sp³-hybridized carbons (Fsp3) is 0.364. The molecule has 1 aromatic carbocycles. The van der Waals surface area contributed by atoms with Crippen molar-refractivity contribution in [3.8, 4) is 11.8 Å². The highest BCUT2D eigenvalue weighted by Crippen LogP contribution is 2.24. The van der Waals surface area contributed by atoms with E-state index < -0.39 is 0 Å². The molecule has 0 aromatic heterocycles. The number of hydrogen-bond donors (Lipinski definition) is 1. The Morgan fingerprint density at radius 1 is 1.43 bits per heavy atom. The van der Waals surface area contributed by atoms with Crippen molar-refractivity contribution in [3.05, 3.63) is 28.8 Å². The van der Waals surface area contributed by atoms with Crippen LogP contribution in [-0.4, -0.2) is 18.3 Å². The van der Waals surface area contributed by atoms with Gasteiger partial charge in [0.1, 0.15) is 18.4 Å². The van der Waals surface area contributed by atoms with Crippen LogP contribution in [0.5, 0.6) is 5.75 Å². The van der Waals surface area contributed by atoms with Crippen LogP contribution in [-0.2, 0) is 0 Å². The van der Waals surface area contributed by atoms with Crippen molar-refractivity contribution >= 4 is 0 Å². The van der Waals surface area contributed by atoms with Gasteiger partial charge in [-0.25, -0.2) is 0 Å². The summed E-state index contributed by atoms with van der Waals surface area (Å²) in [5.74, 6) is 0.576. The highest BCUT2D eigenvalue weighted by Gasteiger charge is 2.07. The predicted octanol–water partition coefficient (Wildman–Crippen LogP) is 1.55. The van der Waals surface area contributed by atoms with E-state index in [1.54, 1.807) is 6.07 Å². The Kier molecular flexibility index (Phi) is 3.49. The Bertz CT molecular complexity index is 366. The summed E-state index contributed by atoms with van der Waals surface area (Å²) >= 11 is 0. The molecule has 0 bridgehead atoms. The number of aliphatic hydroxyl groups is 1. The van der Waals surface area contributed by atoms with Crippen LogP contribution in [0.15, 0.2) is 12.1 Å². The quantitative estimate of drug-likeness (QED) is 0.788. The van der Waals surface area contributed by atoms with Gasteiger partial charge in [0.15, 0.2) is 0 Å². The molecule has 1 N–H and O–H groups in total. The van der Waals surface area contributed by atoms with Gasteiger partial charge in [-0.05, 0) is 31.0 Å². The number of nitriles is 1. The van der Waals surface area contributed by atoms with Crippen molar-refractivity contribution in [2.24, 2.45) is 0 Å². The molecule has 0 saturated heterocycles. The smallest absolute Gasteiger partial charge is 0.140 e. The number of aliphatic hydroxyl groups excluding tert-OH is 1. The van der Waals surface area contributed by atoms with Crippen LogP contribution in [0.3, 0.4) is 0 Å². The van der Waals surface area contributed by atoms with E-state index in [1.807, 2.05) is 19.9 Å². The van der Waals surface area contributed by atoms with Crippen molar-refractivity contribution in [1.82, 2.24) is 0 Å². The summed E-state index contributed by atoms with van der Waals surface area (Å²) < 4.78 is 5.29. The first kappa shape index (κ1) is 10.6. The van der Waals surface area contributed by atoms with E-state index in [4.69, 9.17) is 15.1 Å². The molecule has 0 saturated carbocycles. The SMILES string of the molecule is Cc1cc(C)c(OCCO)c(C#N)c1. The predicted molar refractivity (Wildman–Crippen MR) is 53.2 cm³/mol. The number of benzene rings is 1. The maximum atomic E-state index is 8.87. The van der Waals surface area contributed by atoms with E-state index in [0.717, 1.165) is 11.1 Å². The molecule has 0 unspecified atom stereocenters. The van der Waals surface area contributed by atoms with E-state index >= 15 is 0 Å². The topological polar surface area (TPSA) is 53.2 Å². The lowest BCUT2D eigenvalue weighted by Crippen LogP contribution is -2.04. The van der Waals surface area contributed by atoms with Gasteiger partial charge in [0.2, 0.25) is 0 Å². The number of nitrogens with zero attached hydrogens (tertiary/aromatic N) is 1. The average molecular weight is 191 g/mol. The molecule has 0 heterocycles. The lowest BCUT2D eigenvalue weighted by atomic mass is 10.1. The zero-order valence-corrected chi connectivity index (χ0v) is 8.37. The second kappa shape index (κ2) is 4.64. The molecule has 3 nitrogen and oxygen atoms in total. The van der Waals surface area contributed by atoms with Crippen LogP contribution < -0.4 is 4.74 Å². The molecule has 0 amide bonds. The van der Waals surface area contributed by atoms with Gasteiger partial charge in [-0.2, -0.15) is 5.26 Å². The van der Waals surface area contributed by atoms with Crippen molar-refractivity contribution in [2.45, 2.75) is 13.8 Å². The summed E-state index contributed by atoms with van der Waals surface area (Å²) in [4.78, 5) is 0. The summed E-state index contributed by atoms with van der Waals surface area (Å²) in [6, 6.07) is 5.81. The summed E-state index contributed by atoms with van der Waals surface area (Å²) in [6.07, 6.45) is 0. The number of aryl methyl sites for hydroxylation is 2. The normalized spacial score (nSPS) is 9.57. The Hall–Kier alpha value is -1.53. The van der Waals surface area contributed by atoms with Crippen molar-refractivity contribution < 1.29 is 9.84 Å². The fourth-order valence-corrected chi connectivity index (χ4v) is 1.38. The molecule has 1 rings (SSSR count). The lowest BCUT2D eigenvalue weighted by molar-refractivity contribution is 0.200. The maximum Gasteiger partial charge on any atom is 0.140 e. The molecule has 74 valence electrons. The standard InChI is InChI=1S/C11H13NO2/c1-8-5-9(2)11(14-4-3-13)10(6-8)7-12/h5-6,13H,3-4H2,1-2H3. The van der Waals surface area contributed by atoms with Crippen molar-refractivity contribution in [1.29, 1.82) is 5.26 Å². The summed E-state index contributed by atoms with van der Waals surface area (Å²) in [5, 5.41) is 17.5. The van der Waals surface area contributed by atoms with E-state index in [1.165, 1.54) is 0 Å². The fourth-order valence-electron chi connectivity index (χ4n) is 1.38. The van der Waals surface area contributed by atoms with Gasteiger partial charge in [0, 0.05) is 0 Å². The molecule has 0 spiro atoms. The lowest BCUT2D eigenvalue weighted by Gasteiger charge is -2.10. The van der Waals surface area contributed by atoms with Crippen LogP contribution in [0.4, 0.5) is 0 Å². The summed E-state index contributed by atoms with van der Waals surface area (Å²) in [6.45, 7) is 4.00. The van der Waals surface area contributed by atoms with Crippen molar-refractivity contribution in [3.63, 3.8) is 0 Å². The molecule has 14 heavy (non-hydrogen) atoms. The second-order valence-electron chi connectivity index (χ2n) is 3.14. The van der Waals surface area contributed by atoms with Crippen molar-refractivity contribution in [2.75, 3.05) is 13.2 Å². The minimum absolute atomic E-state index is 0.0435. The third-order valence-electron chi connectivity index (χ3n) is 1.88. The minimum Gasteiger partial charge on any atom is -0.490 e. The van der Waals surface area contributed by atoms with Gasteiger partial charge in [0.05, 0.1) is 12.2 Å². The third kappa shape index (κ3) is 2.24. The molecular formula is C11H13NO2. The van der Waals surface area contributed by atoms with Gasteiger partial charge in [-0.15, -0.1) is 0 Å². The first-order valence-electron chi connectivity index (χ1n) is 4.44. The average Bonchev–Trinajstić information content (AvgIpc) is 2.15. The molecule has 0 aliphatic rings. The van der Waals surface area contributed by atoms with E-state index in [9.17, 15) is 0 Å². The van der Waals surface area contributed by atoms with Crippen LogP contribution in [0.1, 0.15) is 16.7 Å². The second-order valence-corrected chi connectivity index (χ2v) is 3.14. The molecular weight excluding hydrogens is 178 g/mol. The van der Waals surface area contributed by atoms with Crippen LogP contribution in [0.25, 0.3) is 0 Å². The Labute approximate surface area is 83.6 Å². The number of ether oxygens (including phenoxy) is 1. The summed E-state index contributed by atoms with van der Waals surface area (Å²) in [7, 11) is 0. The van der Waals surface area contributed by atoms with Crippen LogP contribution in [0, 0.1) is 25.2 Å². The van der Waals surface area contributed by atoms with E-state index in [2.05, 4.69) is 6.07 Å². The van der Waals surface area contributed by atoms with Gasteiger partial charge in [-0.1, -0.05) is 6.07 Å². The monoisotopic (exact) mass is 191 g/mol. The third-order valence-corrected chi connectivity index (χ3v) is 1.88. The molecule has 0 aliphatic carbocycles. The maximum absolute atomic E-state index is 8.87. The van der Waals surface area contributed by atoms with Crippen LogP contribution >= 0.6 is 0 Å². The molecule has 0 aliphatic heterocycles. The first-order valence-corrected chi connectivity index (χ1v) is 4.44.